The van der Waals surface area contributed by atoms with Crippen LogP contribution < -0.4 is 5.32 Å². The fraction of sp³-hybridized carbons (Fsp3) is 0.500. The number of aliphatic hydroxyl groups is 1. The lowest BCUT2D eigenvalue weighted by Gasteiger charge is -2.19. The van der Waals surface area contributed by atoms with E-state index >= 15 is 0 Å². The van der Waals surface area contributed by atoms with Crippen LogP contribution in [0, 0.1) is 5.92 Å². The average molecular weight is 326 g/mol. The van der Waals surface area contributed by atoms with Crippen LogP contribution in [-0.4, -0.2) is 17.8 Å². The highest BCUT2D eigenvalue weighted by molar-refractivity contribution is 9.10. The SMILES string of the molecule is CC(C)C(O)CNc1ccc(Br)cc1C(F)(F)F. The number of nitrogens with one attached hydrogen (secondary N) is 1. The van der Waals surface area contributed by atoms with Crippen molar-refractivity contribution in [3.8, 4) is 0 Å². The Balaban J connectivity index is 2.89. The molecule has 1 rings (SSSR count). The number of benzene rings is 1. The van der Waals surface area contributed by atoms with Crippen molar-refractivity contribution in [2.45, 2.75) is 26.1 Å². The van der Waals surface area contributed by atoms with Gasteiger partial charge < -0.3 is 10.4 Å². The number of anilines is 1. The number of hydrogen-bond acceptors (Lipinski definition) is 2. The first-order valence-corrected chi connectivity index (χ1v) is 6.29. The minimum absolute atomic E-state index is 0.0118. The molecule has 0 saturated carbocycles. The third-order valence-electron chi connectivity index (χ3n) is 2.56. The monoisotopic (exact) mass is 325 g/mol. The van der Waals surface area contributed by atoms with Crippen molar-refractivity contribution in [1.29, 1.82) is 0 Å². The highest BCUT2D eigenvalue weighted by Crippen LogP contribution is 2.36. The van der Waals surface area contributed by atoms with Gasteiger partial charge in [-0.2, -0.15) is 13.2 Å². The van der Waals surface area contributed by atoms with E-state index in [0.717, 1.165) is 6.07 Å². The zero-order valence-corrected chi connectivity index (χ0v) is 11.6. The van der Waals surface area contributed by atoms with Gasteiger partial charge in [-0.05, 0) is 24.1 Å². The molecule has 1 aromatic rings. The van der Waals surface area contributed by atoms with Gasteiger partial charge in [0.25, 0.3) is 0 Å². The smallest absolute Gasteiger partial charge is 0.391 e. The second kappa shape index (κ2) is 5.93. The topological polar surface area (TPSA) is 32.3 Å². The lowest BCUT2D eigenvalue weighted by Crippen LogP contribution is -2.25. The zero-order valence-electron chi connectivity index (χ0n) is 10.1. The third kappa shape index (κ3) is 4.17. The first-order valence-electron chi connectivity index (χ1n) is 5.50. The maximum Gasteiger partial charge on any atom is 0.418 e. The van der Waals surface area contributed by atoms with E-state index in [0.29, 0.717) is 4.47 Å². The standard InChI is InChI=1S/C12H15BrF3NO/c1-7(2)11(18)6-17-10-4-3-8(13)5-9(10)12(14,15)16/h3-5,7,11,17-18H,6H2,1-2H3. The van der Waals surface area contributed by atoms with Crippen LogP contribution in [0.25, 0.3) is 0 Å². The van der Waals surface area contributed by atoms with Crippen LogP contribution in [-0.2, 0) is 6.18 Å². The molecule has 6 heteroatoms. The second-order valence-electron chi connectivity index (χ2n) is 4.38. The van der Waals surface area contributed by atoms with Gasteiger partial charge in [0, 0.05) is 16.7 Å². The van der Waals surface area contributed by atoms with Crippen LogP contribution in [0.5, 0.6) is 0 Å². The number of aliphatic hydroxyl groups excluding tert-OH is 1. The molecule has 1 unspecified atom stereocenters. The molecule has 0 saturated heterocycles. The summed E-state index contributed by atoms with van der Waals surface area (Å²) in [4.78, 5) is 0. The minimum Gasteiger partial charge on any atom is -0.391 e. The summed E-state index contributed by atoms with van der Waals surface area (Å²) in [5, 5.41) is 12.2. The minimum atomic E-state index is -4.42. The summed E-state index contributed by atoms with van der Waals surface area (Å²) < 4.78 is 38.7. The van der Waals surface area contributed by atoms with E-state index in [4.69, 9.17) is 0 Å². The van der Waals surface area contributed by atoms with Crippen LogP contribution in [0.15, 0.2) is 22.7 Å². The predicted octanol–water partition coefficient (Wildman–Crippen LogP) is 3.90. The molecule has 0 radical (unpaired) electrons. The predicted molar refractivity (Wildman–Crippen MR) is 68.5 cm³/mol. The Labute approximate surface area is 112 Å². The van der Waals surface area contributed by atoms with Crippen LogP contribution in [0.4, 0.5) is 18.9 Å². The van der Waals surface area contributed by atoms with E-state index in [2.05, 4.69) is 21.2 Å². The van der Waals surface area contributed by atoms with Crippen molar-refractivity contribution >= 4 is 21.6 Å². The first kappa shape index (κ1) is 15.3. The van der Waals surface area contributed by atoms with Crippen molar-refractivity contribution in [1.82, 2.24) is 0 Å². The summed E-state index contributed by atoms with van der Waals surface area (Å²) in [5.41, 5.74) is -0.766. The molecule has 18 heavy (non-hydrogen) atoms. The maximum atomic E-state index is 12.8. The molecule has 0 aliphatic rings. The quantitative estimate of drug-likeness (QED) is 0.880. The zero-order chi connectivity index (χ0) is 13.9. The van der Waals surface area contributed by atoms with Gasteiger partial charge in [0.15, 0.2) is 0 Å². The molecular weight excluding hydrogens is 311 g/mol. The van der Waals surface area contributed by atoms with E-state index in [1.807, 2.05) is 0 Å². The number of rotatable bonds is 4. The lowest BCUT2D eigenvalue weighted by molar-refractivity contribution is -0.137. The van der Waals surface area contributed by atoms with E-state index in [9.17, 15) is 18.3 Å². The molecule has 2 N–H and O–H groups in total. The summed E-state index contributed by atoms with van der Waals surface area (Å²) in [5.74, 6) is -0.0118. The summed E-state index contributed by atoms with van der Waals surface area (Å²) in [6.45, 7) is 3.69. The highest BCUT2D eigenvalue weighted by Gasteiger charge is 2.33. The Hall–Kier alpha value is -0.750. The van der Waals surface area contributed by atoms with Crippen molar-refractivity contribution in [2.24, 2.45) is 5.92 Å². The van der Waals surface area contributed by atoms with Gasteiger partial charge in [-0.25, -0.2) is 0 Å². The molecule has 1 atom stereocenters. The fourth-order valence-electron chi connectivity index (χ4n) is 1.36. The van der Waals surface area contributed by atoms with Crippen LogP contribution in [0.2, 0.25) is 0 Å². The molecule has 0 aromatic heterocycles. The van der Waals surface area contributed by atoms with Gasteiger partial charge in [0.1, 0.15) is 0 Å². The molecule has 0 amide bonds. The van der Waals surface area contributed by atoms with Crippen molar-refractivity contribution in [3.63, 3.8) is 0 Å². The van der Waals surface area contributed by atoms with E-state index in [1.165, 1.54) is 12.1 Å². The van der Waals surface area contributed by atoms with Gasteiger partial charge in [-0.3, -0.25) is 0 Å². The molecule has 0 fully saturated rings. The molecule has 0 heterocycles. The Bertz CT molecular complexity index is 407. The molecule has 0 aliphatic carbocycles. The Morgan fingerprint density at radius 3 is 2.44 bits per heavy atom. The molecule has 1 aromatic carbocycles. The Morgan fingerprint density at radius 2 is 1.94 bits per heavy atom. The maximum absolute atomic E-state index is 12.8. The van der Waals surface area contributed by atoms with Gasteiger partial charge in [0.2, 0.25) is 0 Å². The highest BCUT2D eigenvalue weighted by atomic mass is 79.9. The molecule has 0 bridgehead atoms. The van der Waals surface area contributed by atoms with E-state index in [-0.39, 0.29) is 18.2 Å². The molecule has 0 aliphatic heterocycles. The summed E-state index contributed by atoms with van der Waals surface area (Å²) in [7, 11) is 0. The molecular formula is C12H15BrF3NO. The van der Waals surface area contributed by atoms with Gasteiger partial charge in [-0.1, -0.05) is 29.8 Å². The van der Waals surface area contributed by atoms with Gasteiger partial charge in [0.05, 0.1) is 11.7 Å². The van der Waals surface area contributed by atoms with E-state index in [1.54, 1.807) is 13.8 Å². The number of alkyl halides is 3. The first-order chi connectivity index (χ1) is 8.21. The van der Waals surface area contributed by atoms with Crippen LogP contribution in [0.1, 0.15) is 19.4 Å². The third-order valence-corrected chi connectivity index (χ3v) is 3.05. The van der Waals surface area contributed by atoms with Gasteiger partial charge in [-0.15, -0.1) is 0 Å². The summed E-state index contributed by atoms with van der Waals surface area (Å²) in [6, 6.07) is 3.89. The molecule has 0 spiro atoms. The number of hydrogen-bond donors (Lipinski definition) is 2. The molecule has 102 valence electrons. The lowest BCUT2D eigenvalue weighted by atomic mass is 10.1. The van der Waals surface area contributed by atoms with Crippen LogP contribution >= 0.6 is 15.9 Å². The van der Waals surface area contributed by atoms with Crippen molar-refractivity contribution in [3.05, 3.63) is 28.2 Å². The summed E-state index contributed by atoms with van der Waals surface area (Å²) >= 11 is 3.01. The van der Waals surface area contributed by atoms with Crippen LogP contribution in [0.3, 0.4) is 0 Å². The van der Waals surface area contributed by atoms with Crippen molar-refractivity contribution < 1.29 is 18.3 Å². The largest absolute Gasteiger partial charge is 0.418 e. The Kier molecular flexibility index (Phi) is 5.04. The molecule has 2 nitrogen and oxygen atoms in total. The number of halogens is 4. The Morgan fingerprint density at radius 1 is 1.33 bits per heavy atom. The average Bonchev–Trinajstić information content (AvgIpc) is 2.25. The van der Waals surface area contributed by atoms with E-state index < -0.39 is 17.8 Å². The fourth-order valence-corrected chi connectivity index (χ4v) is 1.72. The van der Waals surface area contributed by atoms with Gasteiger partial charge >= 0.3 is 6.18 Å². The second-order valence-corrected chi connectivity index (χ2v) is 5.30. The van der Waals surface area contributed by atoms with Crippen molar-refractivity contribution in [2.75, 3.05) is 11.9 Å². The normalized spacial score (nSPS) is 13.8. The summed E-state index contributed by atoms with van der Waals surface area (Å²) in [6.07, 6.45) is -5.11.